The molecule has 0 fully saturated rings. The lowest BCUT2D eigenvalue weighted by molar-refractivity contribution is 0.637. The van der Waals surface area contributed by atoms with Gasteiger partial charge in [-0.25, -0.2) is 0 Å². The molecule has 0 bridgehead atoms. The zero-order valence-corrected chi connectivity index (χ0v) is 13.3. The van der Waals surface area contributed by atoms with Gasteiger partial charge in [-0.3, -0.25) is 0 Å². The molecule has 0 aliphatic heterocycles. The van der Waals surface area contributed by atoms with E-state index in [1.807, 2.05) is 0 Å². The highest BCUT2D eigenvalue weighted by molar-refractivity contribution is 5.30. The Hall–Kier alpha value is -1.22. The van der Waals surface area contributed by atoms with E-state index >= 15 is 0 Å². The van der Waals surface area contributed by atoms with E-state index in [-0.39, 0.29) is 0 Å². The Balaban J connectivity index is 2.45. The van der Waals surface area contributed by atoms with Gasteiger partial charge in [-0.2, -0.15) is 0 Å². The standard InChI is InChI=1S/C20H30/c1-4-7-9-11-12-18-14-16-20(17-15-18)19(6-3)13-10-8-5-2/h3,14-17,19H,4-5,7-13H2,1-2H3. The van der Waals surface area contributed by atoms with Crippen LogP contribution in [-0.4, -0.2) is 0 Å². The molecule has 1 rings (SSSR count). The van der Waals surface area contributed by atoms with Crippen LogP contribution in [-0.2, 0) is 6.42 Å². The summed E-state index contributed by atoms with van der Waals surface area (Å²) in [4.78, 5) is 0. The van der Waals surface area contributed by atoms with Crippen molar-refractivity contribution in [2.45, 2.75) is 77.6 Å². The van der Waals surface area contributed by atoms with E-state index in [2.05, 4.69) is 44.0 Å². The summed E-state index contributed by atoms with van der Waals surface area (Å²) in [5.41, 5.74) is 2.77. The van der Waals surface area contributed by atoms with Gasteiger partial charge in [-0.15, -0.1) is 6.42 Å². The number of rotatable bonds is 10. The van der Waals surface area contributed by atoms with Crippen LogP contribution in [0.25, 0.3) is 0 Å². The van der Waals surface area contributed by atoms with E-state index in [0.717, 1.165) is 6.42 Å². The van der Waals surface area contributed by atoms with Crippen molar-refractivity contribution in [1.29, 1.82) is 0 Å². The molecule has 0 N–H and O–H groups in total. The molecule has 0 heteroatoms. The second-order valence-corrected chi connectivity index (χ2v) is 5.77. The van der Waals surface area contributed by atoms with E-state index in [4.69, 9.17) is 6.42 Å². The summed E-state index contributed by atoms with van der Waals surface area (Å²) in [5.74, 6) is 3.26. The maximum Gasteiger partial charge on any atom is 0.0449 e. The quantitative estimate of drug-likeness (QED) is 0.355. The molecule has 0 aliphatic rings. The van der Waals surface area contributed by atoms with Gasteiger partial charge >= 0.3 is 0 Å². The highest BCUT2D eigenvalue weighted by atomic mass is 14.1. The normalized spacial score (nSPS) is 12.1. The summed E-state index contributed by atoms with van der Waals surface area (Å²) < 4.78 is 0. The van der Waals surface area contributed by atoms with Gasteiger partial charge in [0, 0.05) is 5.92 Å². The Labute approximate surface area is 126 Å². The summed E-state index contributed by atoms with van der Waals surface area (Å²) in [6.07, 6.45) is 17.1. The summed E-state index contributed by atoms with van der Waals surface area (Å²) >= 11 is 0. The fraction of sp³-hybridized carbons (Fsp3) is 0.600. The first-order valence-corrected chi connectivity index (χ1v) is 8.36. The molecule has 20 heavy (non-hydrogen) atoms. The number of hydrogen-bond acceptors (Lipinski definition) is 0. The van der Waals surface area contributed by atoms with E-state index in [1.54, 1.807) is 0 Å². The van der Waals surface area contributed by atoms with Crippen LogP contribution in [0.5, 0.6) is 0 Å². The van der Waals surface area contributed by atoms with E-state index in [9.17, 15) is 0 Å². The second kappa shape index (κ2) is 10.6. The fourth-order valence-electron chi connectivity index (χ4n) is 2.62. The Bertz CT molecular complexity index is 379. The molecular formula is C20H30. The Morgan fingerprint density at radius 3 is 2.15 bits per heavy atom. The first-order valence-electron chi connectivity index (χ1n) is 8.36. The summed E-state index contributed by atoms with van der Waals surface area (Å²) in [7, 11) is 0. The van der Waals surface area contributed by atoms with Crippen molar-refractivity contribution < 1.29 is 0 Å². The molecule has 1 aromatic carbocycles. The molecule has 0 saturated carbocycles. The van der Waals surface area contributed by atoms with E-state index in [1.165, 1.54) is 62.5 Å². The van der Waals surface area contributed by atoms with Crippen molar-refractivity contribution in [2.75, 3.05) is 0 Å². The third kappa shape index (κ3) is 6.29. The molecule has 110 valence electrons. The number of aryl methyl sites for hydroxylation is 1. The summed E-state index contributed by atoms with van der Waals surface area (Å²) in [6, 6.07) is 9.02. The zero-order valence-electron chi connectivity index (χ0n) is 13.3. The van der Waals surface area contributed by atoms with Crippen LogP contribution in [0.2, 0.25) is 0 Å². The molecule has 0 amide bonds. The summed E-state index contributed by atoms with van der Waals surface area (Å²) in [6.45, 7) is 4.49. The Kier molecular flexibility index (Phi) is 8.88. The molecule has 0 aromatic heterocycles. The van der Waals surface area contributed by atoms with Gasteiger partial charge in [0.05, 0.1) is 0 Å². The molecule has 0 nitrogen and oxygen atoms in total. The smallest absolute Gasteiger partial charge is 0.0449 e. The SMILES string of the molecule is C#CC(CCCCC)c1ccc(CCCCCC)cc1. The largest absolute Gasteiger partial charge is 0.119 e. The van der Waals surface area contributed by atoms with Crippen LogP contribution in [0.1, 0.15) is 82.3 Å². The van der Waals surface area contributed by atoms with Crippen LogP contribution in [0, 0.1) is 12.3 Å². The third-order valence-corrected chi connectivity index (χ3v) is 4.00. The van der Waals surface area contributed by atoms with E-state index in [0.29, 0.717) is 5.92 Å². The maximum absolute atomic E-state index is 5.69. The Morgan fingerprint density at radius 1 is 0.900 bits per heavy atom. The second-order valence-electron chi connectivity index (χ2n) is 5.77. The molecule has 0 radical (unpaired) electrons. The van der Waals surface area contributed by atoms with Gasteiger partial charge in [-0.05, 0) is 30.4 Å². The van der Waals surface area contributed by atoms with Gasteiger partial charge in [-0.1, -0.05) is 82.6 Å². The van der Waals surface area contributed by atoms with Crippen LogP contribution in [0.15, 0.2) is 24.3 Å². The highest BCUT2D eigenvalue weighted by Crippen LogP contribution is 2.22. The highest BCUT2D eigenvalue weighted by Gasteiger charge is 2.07. The molecule has 0 saturated heterocycles. The fourth-order valence-corrected chi connectivity index (χ4v) is 2.62. The van der Waals surface area contributed by atoms with Crippen LogP contribution < -0.4 is 0 Å². The topological polar surface area (TPSA) is 0 Å². The van der Waals surface area contributed by atoms with Crippen molar-refractivity contribution in [2.24, 2.45) is 0 Å². The Morgan fingerprint density at radius 2 is 1.55 bits per heavy atom. The van der Waals surface area contributed by atoms with Gasteiger partial charge in [0.1, 0.15) is 0 Å². The predicted octanol–water partition coefficient (Wildman–Crippen LogP) is 6.11. The van der Waals surface area contributed by atoms with Crippen molar-refractivity contribution in [3.05, 3.63) is 35.4 Å². The van der Waals surface area contributed by atoms with Crippen molar-refractivity contribution >= 4 is 0 Å². The molecular weight excluding hydrogens is 240 g/mol. The van der Waals surface area contributed by atoms with Gasteiger partial charge in [0.2, 0.25) is 0 Å². The molecule has 0 spiro atoms. The average molecular weight is 270 g/mol. The third-order valence-electron chi connectivity index (χ3n) is 4.00. The number of hydrogen-bond donors (Lipinski definition) is 0. The maximum atomic E-state index is 5.69. The van der Waals surface area contributed by atoms with Gasteiger partial charge in [0.25, 0.3) is 0 Å². The lowest BCUT2D eigenvalue weighted by Gasteiger charge is -2.11. The lowest BCUT2D eigenvalue weighted by Crippen LogP contribution is -1.96. The van der Waals surface area contributed by atoms with Crippen LogP contribution in [0.4, 0.5) is 0 Å². The van der Waals surface area contributed by atoms with Crippen LogP contribution >= 0.6 is 0 Å². The molecule has 1 unspecified atom stereocenters. The monoisotopic (exact) mass is 270 g/mol. The number of benzene rings is 1. The van der Waals surface area contributed by atoms with Crippen molar-refractivity contribution in [3.63, 3.8) is 0 Å². The predicted molar refractivity (Wildman–Crippen MR) is 90.0 cm³/mol. The van der Waals surface area contributed by atoms with E-state index < -0.39 is 0 Å². The van der Waals surface area contributed by atoms with Crippen LogP contribution in [0.3, 0.4) is 0 Å². The molecule has 1 aromatic rings. The first kappa shape index (κ1) is 16.8. The lowest BCUT2D eigenvalue weighted by atomic mass is 9.92. The molecule has 0 aliphatic carbocycles. The zero-order chi connectivity index (χ0) is 14.6. The molecule has 0 heterocycles. The first-order chi connectivity index (χ1) is 9.81. The molecule has 1 atom stereocenters. The van der Waals surface area contributed by atoms with Gasteiger partial charge in [0.15, 0.2) is 0 Å². The van der Waals surface area contributed by atoms with Crippen molar-refractivity contribution in [3.8, 4) is 12.3 Å². The number of terminal acetylenes is 1. The average Bonchev–Trinajstić information content (AvgIpc) is 2.49. The van der Waals surface area contributed by atoms with Crippen molar-refractivity contribution in [1.82, 2.24) is 0 Å². The summed E-state index contributed by atoms with van der Waals surface area (Å²) in [5, 5.41) is 0. The minimum atomic E-state index is 0.302. The number of unbranched alkanes of at least 4 members (excludes halogenated alkanes) is 5. The van der Waals surface area contributed by atoms with Gasteiger partial charge < -0.3 is 0 Å². The minimum absolute atomic E-state index is 0.302. The minimum Gasteiger partial charge on any atom is -0.119 e.